The van der Waals surface area contributed by atoms with Crippen LogP contribution in [0.4, 0.5) is 10.1 Å². The molecule has 3 aromatic carbocycles. The van der Waals surface area contributed by atoms with Gasteiger partial charge in [-0.1, -0.05) is 47.0 Å². The van der Waals surface area contributed by atoms with Crippen LogP contribution in [0.5, 0.6) is 0 Å². The second-order valence-electron chi connectivity index (χ2n) is 10.5. The van der Waals surface area contributed by atoms with E-state index in [1.54, 1.807) is 31.2 Å². The van der Waals surface area contributed by atoms with Gasteiger partial charge in [0.05, 0.1) is 10.6 Å². The van der Waals surface area contributed by atoms with E-state index in [2.05, 4.69) is 5.32 Å². The predicted octanol–water partition coefficient (Wildman–Crippen LogP) is 5.97. The fourth-order valence-electron chi connectivity index (χ4n) is 3.86. The van der Waals surface area contributed by atoms with Crippen LogP contribution in [0.25, 0.3) is 0 Å². The number of benzene rings is 3. The van der Waals surface area contributed by atoms with Gasteiger partial charge in [-0.15, -0.1) is 0 Å². The molecule has 0 aromatic heterocycles. The Bertz CT molecular complexity index is 1470. The van der Waals surface area contributed by atoms with Gasteiger partial charge >= 0.3 is 0 Å². The second kappa shape index (κ2) is 12.6. The SMILES string of the molecule is Cc1ccc(S(=O)(=O)N(CC(=O)N(Cc2ccc(Cl)cc2Cl)[C@H](C)C(=O)NC(C)(C)C)c2ccc(F)cc2)cc1. The standard InChI is InChI=1S/C29H32Cl2FN3O4S/c1-19-6-14-25(15-7-19)40(38,39)35(24-12-10-23(32)11-13-24)18-27(36)34(20(2)28(37)33-29(3,4)5)17-21-8-9-22(30)16-26(21)31/h6-16,20H,17-18H2,1-5H3,(H,33,37)/t20-/m1/s1. The number of amides is 2. The molecule has 40 heavy (non-hydrogen) atoms. The Morgan fingerprint density at radius 1 is 0.975 bits per heavy atom. The summed E-state index contributed by atoms with van der Waals surface area (Å²) in [4.78, 5) is 28.3. The van der Waals surface area contributed by atoms with E-state index in [1.807, 2.05) is 27.7 Å². The lowest BCUT2D eigenvalue weighted by Crippen LogP contribution is -2.54. The summed E-state index contributed by atoms with van der Waals surface area (Å²) in [6.45, 7) is 8.06. The number of nitrogens with one attached hydrogen (secondary N) is 1. The molecule has 0 fully saturated rings. The predicted molar refractivity (Wildman–Crippen MR) is 156 cm³/mol. The Kier molecular flexibility index (Phi) is 9.87. The highest BCUT2D eigenvalue weighted by molar-refractivity contribution is 7.92. The van der Waals surface area contributed by atoms with Crippen LogP contribution in [0.3, 0.4) is 0 Å². The number of halogens is 3. The minimum Gasteiger partial charge on any atom is -0.350 e. The first kappa shape index (κ1) is 31.4. The van der Waals surface area contributed by atoms with Crippen LogP contribution in [0.1, 0.15) is 38.8 Å². The number of carbonyl (C=O) groups is 2. The monoisotopic (exact) mass is 607 g/mol. The molecule has 3 rings (SSSR count). The first-order valence-corrected chi connectivity index (χ1v) is 14.7. The van der Waals surface area contributed by atoms with E-state index in [1.165, 1.54) is 35.2 Å². The summed E-state index contributed by atoms with van der Waals surface area (Å²) in [5, 5.41) is 3.54. The number of aryl methyl sites for hydroxylation is 1. The third kappa shape index (κ3) is 7.96. The quantitative estimate of drug-likeness (QED) is 0.325. The normalized spacial score (nSPS) is 12.5. The summed E-state index contributed by atoms with van der Waals surface area (Å²) in [7, 11) is -4.25. The molecule has 11 heteroatoms. The third-order valence-electron chi connectivity index (χ3n) is 6.02. The van der Waals surface area contributed by atoms with Gasteiger partial charge in [-0.3, -0.25) is 13.9 Å². The Morgan fingerprint density at radius 3 is 2.12 bits per heavy atom. The number of carbonyl (C=O) groups excluding carboxylic acids is 2. The lowest BCUT2D eigenvalue weighted by atomic mass is 10.1. The van der Waals surface area contributed by atoms with E-state index in [9.17, 15) is 22.4 Å². The van der Waals surface area contributed by atoms with Gasteiger partial charge in [0.1, 0.15) is 18.4 Å². The highest BCUT2D eigenvalue weighted by Crippen LogP contribution is 2.27. The third-order valence-corrected chi connectivity index (χ3v) is 8.40. The van der Waals surface area contributed by atoms with Crippen molar-refractivity contribution in [2.75, 3.05) is 10.8 Å². The minimum absolute atomic E-state index is 0.0407. The van der Waals surface area contributed by atoms with Crippen LogP contribution in [0.2, 0.25) is 10.0 Å². The summed E-state index contributed by atoms with van der Waals surface area (Å²) < 4.78 is 42.2. The number of hydrogen-bond donors (Lipinski definition) is 1. The zero-order valence-electron chi connectivity index (χ0n) is 22.9. The molecule has 0 saturated carbocycles. The molecule has 0 unspecified atom stereocenters. The van der Waals surface area contributed by atoms with Crippen LogP contribution in [0.15, 0.2) is 71.6 Å². The topological polar surface area (TPSA) is 86.8 Å². The summed E-state index contributed by atoms with van der Waals surface area (Å²) in [5.74, 6) is -1.66. The second-order valence-corrected chi connectivity index (χ2v) is 13.2. The molecular formula is C29H32Cl2FN3O4S. The van der Waals surface area contributed by atoms with Gasteiger partial charge in [-0.2, -0.15) is 0 Å². The molecule has 0 aliphatic heterocycles. The van der Waals surface area contributed by atoms with Crippen LogP contribution in [0, 0.1) is 12.7 Å². The van der Waals surface area contributed by atoms with Crippen molar-refractivity contribution < 1.29 is 22.4 Å². The molecule has 7 nitrogen and oxygen atoms in total. The highest BCUT2D eigenvalue weighted by atomic mass is 35.5. The summed E-state index contributed by atoms with van der Waals surface area (Å²) >= 11 is 12.4. The first-order chi connectivity index (χ1) is 18.6. The maximum atomic E-state index is 13.9. The fourth-order valence-corrected chi connectivity index (χ4v) is 5.75. The number of sulfonamides is 1. The molecule has 0 radical (unpaired) electrons. The smallest absolute Gasteiger partial charge is 0.264 e. The lowest BCUT2D eigenvalue weighted by Gasteiger charge is -2.33. The molecule has 0 aliphatic carbocycles. The molecule has 0 spiro atoms. The summed E-state index contributed by atoms with van der Waals surface area (Å²) in [6.07, 6.45) is 0. The van der Waals surface area contributed by atoms with Crippen molar-refractivity contribution in [2.24, 2.45) is 0 Å². The van der Waals surface area contributed by atoms with Crippen LogP contribution in [-0.2, 0) is 26.2 Å². The van der Waals surface area contributed by atoms with Gasteiger partial charge in [0.15, 0.2) is 0 Å². The van der Waals surface area contributed by atoms with Crippen molar-refractivity contribution in [1.82, 2.24) is 10.2 Å². The van der Waals surface area contributed by atoms with Crippen LogP contribution >= 0.6 is 23.2 Å². The van der Waals surface area contributed by atoms with Crippen molar-refractivity contribution in [3.8, 4) is 0 Å². The van der Waals surface area contributed by atoms with Crippen molar-refractivity contribution in [3.63, 3.8) is 0 Å². The van der Waals surface area contributed by atoms with Gasteiger partial charge in [0.25, 0.3) is 10.0 Å². The zero-order chi connectivity index (χ0) is 29.8. The van der Waals surface area contributed by atoms with Crippen molar-refractivity contribution in [2.45, 2.75) is 57.6 Å². The molecule has 1 atom stereocenters. The van der Waals surface area contributed by atoms with Crippen molar-refractivity contribution in [1.29, 1.82) is 0 Å². The number of nitrogens with zero attached hydrogens (tertiary/aromatic N) is 2. The van der Waals surface area contributed by atoms with Crippen molar-refractivity contribution in [3.05, 3.63) is 93.7 Å². The fraction of sp³-hybridized carbons (Fsp3) is 0.310. The van der Waals surface area contributed by atoms with E-state index in [-0.39, 0.29) is 22.2 Å². The molecule has 0 bridgehead atoms. The summed E-state index contributed by atoms with van der Waals surface area (Å²) in [6, 6.07) is 14.7. The van der Waals surface area contributed by atoms with Crippen LogP contribution in [-0.4, -0.2) is 43.3 Å². The molecular weight excluding hydrogens is 576 g/mol. The molecule has 2 amide bonds. The van der Waals surface area contributed by atoms with Gasteiger partial charge in [0, 0.05) is 22.1 Å². The van der Waals surface area contributed by atoms with E-state index >= 15 is 0 Å². The van der Waals surface area contributed by atoms with Gasteiger partial charge in [0.2, 0.25) is 11.8 Å². The van der Waals surface area contributed by atoms with Crippen molar-refractivity contribution >= 4 is 50.7 Å². The number of anilines is 1. The lowest BCUT2D eigenvalue weighted by molar-refractivity contribution is -0.140. The molecule has 0 aliphatic rings. The molecule has 3 aromatic rings. The maximum Gasteiger partial charge on any atom is 0.264 e. The Labute approximate surface area is 244 Å². The largest absolute Gasteiger partial charge is 0.350 e. The first-order valence-electron chi connectivity index (χ1n) is 12.5. The maximum absolute atomic E-state index is 13.9. The average molecular weight is 609 g/mol. The Morgan fingerprint density at radius 2 is 1.57 bits per heavy atom. The molecule has 0 saturated heterocycles. The van der Waals surface area contributed by atoms with E-state index in [0.29, 0.717) is 10.6 Å². The average Bonchev–Trinajstić information content (AvgIpc) is 2.86. The van der Waals surface area contributed by atoms with E-state index in [0.717, 1.165) is 22.0 Å². The zero-order valence-corrected chi connectivity index (χ0v) is 25.2. The van der Waals surface area contributed by atoms with Crippen LogP contribution < -0.4 is 9.62 Å². The van der Waals surface area contributed by atoms with Gasteiger partial charge < -0.3 is 10.2 Å². The van der Waals surface area contributed by atoms with E-state index < -0.39 is 45.8 Å². The van der Waals surface area contributed by atoms with Gasteiger partial charge in [-0.05, 0) is 88.7 Å². The molecule has 0 heterocycles. The Hall–Kier alpha value is -3.14. The number of rotatable bonds is 9. The summed E-state index contributed by atoms with van der Waals surface area (Å²) in [5.41, 5.74) is 0.886. The molecule has 214 valence electrons. The van der Waals surface area contributed by atoms with Gasteiger partial charge in [-0.25, -0.2) is 12.8 Å². The molecule has 1 N–H and O–H groups in total. The Balaban J connectivity index is 2.05. The highest BCUT2D eigenvalue weighted by Gasteiger charge is 2.33. The number of hydrogen-bond acceptors (Lipinski definition) is 4. The minimum atomic E-state index is -4.25. The van der Waals surface area contributed by atoms with E-state index in [4.69, 9.17) is 23.2 Å².